The minimum Gasteiger partial charge on any atom is -0.483 e. The Balaban J connectivity index is 1.79. The molecule has 6 nitrogen and oxygen atoms in total. The molecular formula is C19H21Br2N3O3S. The molecule has 0 saturated carbocycles. The maximum Gasteiger partial charge on any atom is 0.276 e. The first-order valence-electron chi connectivity index (χ1n) is 8.80. The lowest BCUT2D eigenvalue weighted by molar-refractivity contribution is -0.124. The van der Waals surface area contributed by atoms with Gasteiger partial charge >= 0.3 is 0 Å². The van der Waals surface area contributed by atoms with Crippen LogP contribution in [0.25, 0.3) is 10.8 Å². The Morgan fingerprint density at radius 2 is 1.86 bits per heavy atom. The molecule has 0 atom stereocenters. The van der Waals surface area contributed by atoms with Gasteiger partial charge in [0, 0.05) is 10.9 Å². The summed E-state index contributed by atoms with van der Waals surface area (Å²) in [5.74, 6) is -0.0506. The highest BCUT2D eigenvalue weighted by atomic mass is 79.9. The highest BCUT2D eigenvalue weighted by Gasteiger charge is 2.10. The molecule has 0 bridgehead atoms. The monoisotopic (exact) mass is 529 g/mol. The van der Waals surface area contributed by atoms with Gasteiger partial charge in [-0.3, -0.25) is 20.4 Å². The first kappa shape index (κ1) is 22.6. The molecule has 28 heavy (non-hydrogen) atoms. The lowest BCUT2D eigenvalue weighted by Crippen LogP contribution is -2.49. The standard InChI is InChI=1S/C19H21Br2N3O3S/c1-2-3-4-5-16(25)22-19(28)24-23-17(26)11-27-15-9-6-12-10-13(20)7-8-14(12)18(15)21/h6-10H,2-5,11H2,1H3,(H,23,26)(H2,22,24,25,28). The summed E-state index contributed by atoms with van der Waals surface area (Å²) in [7, 11) is 0. The SMILES string of the molecule is CCCCCC(=O)NC(=S)NNC(=O)COc1ccc2cc(Br)ccc2c1Br. The van der Waals surface area contributed by atoms with Gasteiger partial charge in [-0.05, 0) is 63.5 Å². The second-order valence-corrected chi connectivity index (χ2v) is 8.16. The van der Waals surface area contributed by atoms with E-state index in [0.29, 0.717) is 12.2 Å². The summed E-state index contributed by atoms with van der Waals surface area (Å²) in [5.41, 5.74) is 4.89. The van der Waals surface area contributed by atoms with Gasteiger partial charge in [-0.2, -0.15) is 0 Å². The topological polar surface area (TPSA) is 79.5 Å². The lowest BCUT2D eigenvalue weighted by atomic mass is 10.1. The summed E-state index contributed by atoms with van der Waals surface area (Å²) < 4.78 is 7.33. The number of unbranched alkanes of at least 4 members (excludes halogenated alkanes) is 2. The van der Waals surface area contributed by atoms with Gasteiger partial charge in [0.25, 0.3) is 5.91 Å². The van der Waals surface area contributed by atoms with E-state index in [1.165, 1.54) is 0 Å². The molecule has 2 aromatic carbocycles. The Bertz CT molecular complexity index is 877. The van der Waals surface area contributed by atoms with Crippen LogP contribution in [0.1, 0.15) is 32.6 Å². The summed E-state index contributed by atoms with van der Waals surface area (Å²) in [4.78, 5) is 23.6. The van der Waals surface area contributed by atoms with Crippen molar-refractivity contribution in [3.63, 3.8) is 0 Å². The van der Waals surface area contributed by atoms with Crippen LogP contribution in [0, 0.1) is 0 Å². The molecule has 2 amide bonds. The van der Waals surface area contributed by atoms with E-state index in [2.05, 4.69) is 55.0 Å². The number of carbonyl (C=O) groups is 2. The molecular weight excluding hydrogens is 510 g/mol. The molecule has 9 heteroatoms. The Morgan fingerprint density at radius 3 is 2.61 bits per heavy atom. The van der Waals surface area contributed by atoms with Crippen LogP contribution in [0.4, 0.5) is 0 Å². The first-order chi connectivity index (χ1) is 13.4. The van der Waals surface area contributed by atoms with Gasteiger partial charge in [-0.15, -0.1) is 0 Å². The van der Waals surface area contributed by atoms with Gasteiger partial charge in [0.1, 0.15) is 5.75 Å². The van der Waals surface area contributed by atoms with Crippen molar-refractivity contribution in [3.05, 3.63) is 39.3 Å². The number of amides is 2. The van der Waals surface area contributed by atoms with Crippen molar-refractivity contribution in [2.24, 2.45) is 0 Å². The van der Waals surface area contributed by atoms with Crippen molar-refractivity contribution in [2.75, 3.05) is 6.61 Å². The first-order valence-corrected chi connectivity index (χ1v) is 10.8. The van der Waals surface area contributed by atoms with Crippen LogP contribution in [0.15, 0.2) is 39.3 Å². The summed E-state index contributed by atoms with van der Waals surface area (Å²) in [5, 5.41) is 4.58. The molecule has 0 aliphatic carbocycles. The number of carbonyl (C=O) groups excluding carboxylic acids is 2. The Labute approximate surface area is 186 Å². The van der Waals surface area contributed by atoms with E-state index in [9.17, 15) is 9.59 Å². The second-order valence-electron chi connectivity index (χ2n) is 6.04. The highest BCUT2D eigenvalue weighted by Crippen LogP contribution is 2.34. The molecule has 0 fully saturated rings. The van der Waals surface area contributed by atoms with Crippen LogP contribution in [-0.4, -0.2) is 23.5 Å². The number of hydrazine groups is 1. The minimum atomic E-state index is -0.426. The van der Waals surface area contributed by atoms with E-state index in [4.69, 9.17) is 17.0 Å². The lowest BCUT2D eigenvalue weighted by Gasteiger charge is -2.13. The second kappa shape index (κ2) is 11.3. The van der Waals surface area contributed by atoms with Gasteiger partial charge in [0.2, 0.25) is 5.91 Å². The van der Waals surface area contributed by atoms with Crippen molar-refractivity contribution in [1.82, 2.24) is 16.2 Å². The Morgan fingerprint density at radius 1 is 1.07 bits per heavy atom. The molecule has 3 N–H and O–H groups in total. The van der Waals surface area contributed by atoms with Crippen molar-refractivity contribution in [2.45, 2.75) is 32.6 Å². The predicted molar refractivity (Wildman–Crippen MR) is 121 cm³/mol. The van der Waals surface area contributed by atoms with Crippen molar-refractivity contribution in [1.29, 1.82) is 0 Å². The van der Waals surface area contributed by atoms with Gasteiger partial charge < -0.3 is 10.1 Å². The molecule has 2 rings (SSSR count). The minimum absolute atomic E-state index is 0.0484. The number of ether oxygens (including phenoxy) is 1. The van der Waals surface area contributed by atoms with E-state index in [0.717, 1.165) is 39.0 Å². The number of hydrogen-bond donors (Lipinski definition) is 3. The van der Waals surface area contributed by atoms with Crippen LogP contribution < -0.4 is 20.9 Å². The predicted octanol–water partition coefficient (Wildman–Crippen LogP) is 4.35. The zero-order chi connectivity index (χ0) is 20.5. The molecule has 0 aromatic heterocycles. The Hall–Kier alpha value is -1.71. The molecule has 0 heterocycles. The van der Waals surface area contributed by atoms with Crippen LogP contribution in [0.3, 0.4) is 0 Å². The van der Waals surface area contributed by atoms with Crippen LogP contribution in [0.5, 0.6) is 5.75 Å². The molecule has 0 saturated heterocycles. The maximum atomic E-state index is 11.9. The Kier molecular flexibility index (Phi) is 9.14. The smallest absolute Gasteiger partial charge is 0.276 e. The van der Waals surface area contributed by atoms with Crippen molar-refractivity contribution < 1.29 is 14.3 Å². The summed E-state index contributed by atoms with van der Waals surface area (Å²) in [6.07, 6.45) is 3.24. The van der Waals surface area contributed by atoms with Gasteiger partial charge in [0.15, 0.2) is 11.7 Å². The fourth-order valence-corrected chi connectivity index (χ4v) is 3.57. The average Bonchev–Trinajstić information content (AvgIpc) is 2.66. The molecule has 0 aliphatic rings. The summed E-state index contributed by atoms with van der Waals surface area (Å²) in [6.45, 7) is 1.86. The number of rotatable bonds is 7. The molecule has 0 radical (unpaired) electrons. The highest BCUT2D eigenvalue weighted by molar-refractivity contribution is 9.11. The quantitative estimate of drug-likeness (QED) is 0.282. The van der Waals surface area contributed by atoms with E-state index < -0.39 is 5.91 Å². The number of thiocarbonyl (C=S) groups is 1. The molecule has 0 spiro atoms. The summed E-state index contributed by atoms with van der Waals surface area (Å²) >= 11 is 11.9. The number of benzene rings is 2. The third-order valence-corrected chi connectivity index (χ3v) is 5.33. The van der Waals surface area contributed by atoms with E-state index >= 15 is 0 Å². The fraction of sp³-hybridized carbons (Fsp3) is 0.316. The largest absolute Gasteiger partial charge is 0.483 e. The maximum absolute atomic E-state index is 11.9. The number of fused-ring (bicyclic) bond motifs is 1. The molecule has 0 unspecified atom stereocenters. The molecule has 0 aliphatic heterocycles. The molecule has 150 valence electrons. The van der Waals surface area contributed by atoms with Crippen molar-refractivity contribution >= 4 is 71.8 Å². The average molecular weight is 531 g/mol. The van der Waals surface area contributed by atoms with Crippen molar-refractivity contribution in [3.8, 4) is 5.75 Å². The molecule has 2 aromatic rings. The van der Waals surface area contributed by atoms with Crippen LogP contribution >= 0.6 is 44.1 Å². The van der Waals surface area contributed by atoms with E-state index in [-0.39, 0.29) is 17.6 Å². The van der Waals surface area contributed by atoms with E-state index in [1.54, 1.807) is 6.07 Å². The zero-order valence-corrected chi connectivity index (χ0v) is 19.3. The zero-order valence-electron chi connectivity index (χ0n) is 15.3. The third kappa shape index (κ3) is 7.03. The number of halogens is 2. The fourth-order valence-electron chi connectivity index (χ4n) is 2.42. The summed E-state index contributed by atoms with van der Waals surface area (Å²) in [6, 6.07) is 9.60. The number of nitrogens with one attached hydrogen (secondary N) is 3. The van der Waals surface area contributed by atoms with Crippen LogP contribution in [-0.2, 0) is 9.59 Å². The van der Waals surface area contributed by atoms with Gasteiger partial charge in [0.05, 0.1) is 4.47 Å². The number of hydrogen-bond acceptors (Lipinski definition) is 4. The van der Waals surface area contributed by atoms with Gasteiger partial charge in [-0.1, -0.05) is 47.8 Å². The van der Waals surface area contributed by atoms with Crippen LogP contribution in [0.2, 0.25) is 0 Å². The van der Waals surface area contributed by atoms with E-state index in [1.807, 2.05) is 24.3 Å². The normalized spacial score (nSPS) is 10.4. The third-order valence-electron chi connectivity index (χ3n) is 3.82. The van der Waals surface area contributed by atoms with Gasteiger partial charge in [-0.25, -0.2) is 0 Å².